The summed E-state index contributed by atoms with van der Waals surface area (Å²) in [6.07, 6.45) is 5.26. The van der Waals surface area contributed by atoms with Crippen LogP contribution in [0.3, 0.4) is 0 Å². The molecule has 1 saturated heterocycles. The summed E-state index contributed by atoms with van der Waals surface area (Å²) in [7, 11) is 0. The lowest BCUT2D eigenvalue weighted by Gasteiger charge is -2.22. The van der Waals surface area contributed by atoms with Crippen LogP contribution in [0.1, 0.15) is 19.3 Å². The molecule has 3 nitrogen and oxygen atoms in total. The monoisotopic (exact) mass is 227 g/mol. The predicted octanol–water partition coefficient (Wildman–Crippen LogP) is 2.68. The molecule has 1 aromatic rings. The standard InChI is InChI=1S/C11H14ClNO2/c12-9-4-5-11(13-7-9)15-8-10-3-1-2-6-14-10/h4-5,7,10H,1-3,6,8H2. The summed E-state index contributed by atoms with van der Waals surface area (Å²) in [5, 5.41) is 0.622. The van der Waals surface area contributed by atoms with Crippen molar-refractivity contribution in [1.82, 2.24) is 4.98 Å². The van der Waals surface area contributed by atoms with E-state index in [1.165, 1.54) is 6.42 Å². The Balaban J connectivity index is 1.79. The van der Waals surface area contributed by atoms with E-state index < -0.39 is 0 Å². The summed E-state index contributed by atoms with van der Waals surface area (Å²) >= 11 is 5.72. The second-order valence-corrected chi connectivity index (χ2v) is 4.05. The Hall–Kier alpha value is -0.800. The van der Waals surface area contributed by atoms with Crippen LogP contribution in [-0.2, 0) is 4.74 Å². The van der Waals surface area contributed by atoms with Gasteiger partial charge in [0.05, 0.1) is 11.1 Å². The average Bonchev–Trinajstić information content (AvgIpc) is 2.30. The van der Waals surface area contributed by atoms with E-state index >= 15 is 0 Å². The Kier molecular flexibility index (Phi) is 3.80. The van der Waals surface area contributed by atoms with Gasteiger partial charge < -0.3 is 9.47 Å². The molecular formula is C11H14ClNO2. The normalized spacial score (nSPS) is 21.3. The van der Waals surface area contributed by atoms with Crippen LogP contribution in [0.15, 0.2) is 18.3 Å². The first-order chi connectivity index (χ1) is 7.34. The van der Waals surface area contributed by atoms with Gasteiger partial charge in [-0.2, -0.15) is 0 Å². The molecule has 1 fully saturated rings. The summed E-state index contributed by atoms with van der Waals surface area (Å²) < 4.78 is 11.1. The SMILES string of the molecule is Clc1ccc(OCC2CCCCO2)nc1. The van der Waals surface area contributed by atoms with Gasteiger partial charge in [-0.3, -0.25) is 0 Å². The van der Waals surface area contributed by atoms with Gasteiger partial charge in [0.25, 0.3) is 0 Å². The lowest BCUT2D eigenvalue weighted by molar-refractivity contribution is -0.0119. The highest BCUT2D eigenvalue weighted by Gasteiger charge is 2.14. The molecule has 0 aliphatic carbocycles. The van der Waals surface area contributed by atoms with Crippen LogP contribution in [0.2, 0.25) is 5.02 Å². The van der Waals surface area contributed by atoms with Crippen LogP contribution in [0.25, 0.3) is 0 Å². The summed E-state index contributed by atoms with van der Waals surface area (Å²) in [6, 6.07) is 3.54. The second kappa shape index (κ2) is 5.33. The van der Waals surface area contributed by atoms with Gasteiger partial charge in [0.1, 0.15) is 6.61 Å². The minimum Gasteiger partial charge on any atom is -0.475 e. The van der Waals surface area contributed by atoms with Crippen molar-refractivity contribution in [1.29, 1.82) is 0 Å². The zero-order valence-corrected chi connectivity index (χ0v) is 9.24. The zero-order chi connectivity index (χ0) is 10.5. The van der Waals surface area contributed by atoms with E-state index in [1.807, 2.05) is 0 Å². The molecular weight excluding hydrogens is 214 g/mol. The number of rotatable bonds is 3. The molecule has 1 aliphatic heterocycles. The van der Waals surface area contributed by atoms with Crippen LogP contribution >= 0.6 is 11.6 Å². The Bertz CT molecular complexity index is 296. The molecule has 1 unspecified atom stereocenters. The van der Waals surface area contributed by atoms with Gasteiger partial charge in [-0.15, -0.1) is 0 Å². The molecule has 1 aromatic heterocycles. The predicted molar refractivity (Wildman–Crippen MR) is 58.3 cm³/mol. The van der Waals surface area contributed by atoms with Gasteiger partial charge in [-0.05, 0) is 25.3 Å². The van der Waals surface area contributed by atoms with Gasteiger partial charge >= 0.3 is 0 Å². The Morgan fingerprint density at radius 2 is 2.40 bits per heavy atom. The highest BCUT2D eigenvalue weighted by molar-refractivity contribution is 6.30. The second-order valence-electron chi connectivity index (χ2n) is 3.61. The molecule has 4 heteroatoms. The van der Waals surface area contributed by atoms with E-state index in [-0.39, 0.29) is 6.10 Å². The molecule has 1 aliphatic rings. The number of hydrogen-bond donors (Lipinski definition) is 0. The van der Waals surface area contributed by atoms with E-state index in [4.69, 9.17) is 21.1 Å². The van der Waals surface area contributed by atoms with Crippen molar-refractivity contribution >= 4 is 11.6 Å². The summed E-state index contributed by atoms with van der Waals surface area (Å²) in [6.45, 7) is 1.43. The van der Waals surface area contributed by atoms with Gasteiger partial charge in [0, 0.05) is 18.9 Å². The summed E-state index contributed by atoms with van der Waals surface area (Å²) in [5.74, 6) is 0.605. The van der Waals surface area contributed by atoms with Crippen molar-refractivity contribution in [2.45, 2.75) is 25.4 Å². The van der Waals surface area contributed by atoms with Gasteiger partial charge in [0.15, 0.2) is 0 Å². The van der Waals surface area contributed by atoms with Crippen LogP contribution in [0.5, 0.6) is 5.88 Å². The van der Waals surface area contributed by atoms with Gasteiger partial charge in [-0.1, -0.05) is 11.6 Å². The van der Waals surface area contributed by atoms with Gasteiger partial charge in [0.2, 0.25) is 5.88 Å². The number of aromatic nitrogens is 1. The van der Waals surface area contributed by atoms with E-state index in [0.717, 1.165) is 19.4 Å². The topological polar surface area (TPSA) is 31.4 Å². The number of hydrogen-bond acceptors (Lipinski definition) is 3. The van der Waals surface area contributed by atoms with Crippen molar-refractivity contribution in [3.05, 3.63) is 23.4 Å². The van der Waals surface area contributed by atoms with Crippen LogP contribution in [-0.4, -0.2) is 24.3 Å². The van der Waals surface area contributed by atoms with E-state index in [2.05, 4.69) is 4.98 Å². The van der Waals surface area contributed by atoms with Crippen molar-refractivity contribution < 1.29 is 9.47 Å². The molecule has 15 heavy (non-hydrogen) atoms. The first kappa shape index (κ1) is 10.7. The summed E-state index contributed by atoms with van der Waals surface area (Å²) in [4.78, 5) is 4.05. The minimum absolute atomic E-state index is 0.219. The zero-order valence-electron chi connectivity index (χ0n) is 8.49. The maximum Gasteiger partial charge on any atom is 0.213 e. The van der Waals surface area contributed by atoms with E-state index in [9.17, 15) is 0 Å². The highest BCUT2D eigenvalue weighted by atomic mass is 35.5. The summed E-state index contributed by atoms with van der Waals surface area (Å²) in [5.41, 5.74) is 0. The highest BCUT2D eigenvalue weighted by Crippen LogP contribution is 2.15. The third-order valence-electron chi connectivity index (χ3n) is 2.39. The largest absolute Gasteiger partial charge is 0.475 e. The van der Waals surface area contributed by atoms with Crippen LogP contribution in [0.4, 0.5) is 0 Å². The first-order valence-electron chi connectivity index (χ1n) is 5.20. The number of ether oxygens (including phenoxy) is 2. The third kappa shape index (κ3) is 3.36. The third-order valence-corrected chi connectivity index (χ3v) is 2.61. The Morgan fingerprint density at radius 1 is 1.47 bits per heavy atom. The fraction of sp³-hybridized carbons (Fsp3) is 0.545. The number of halogens is 1. The smallest absolute Gasteiger partial charge is 0.213 e. The fourth-order valence-corrected chi connectivity index (χ4v) is 1.68. The molecule has 2 heterocycles. The fourth-order valence-electron chi connectivity index (χ4n) is 1.56. The van der Waals surface area contributed by atoms with Crippen molar-refractivity contribution in [3.63, 3.8) is 0 Å². The van der Waals surface area contributed by atoms with Crippen LogP contribution in [0, 0.1) is 0 Å². The molecule has 0 amide bonds. The molecule has 1 atom stereocenters. The van der Waals surface area contributed by atoms with Crippen molar-refractivity contribution in [3.8, 4) is 5.88 Å². The van der Waals surface area contributed by atoms with Crippen LogP contribution < -0.4 is 4.74 Å². The van der Waals surface area contributed by atoms with Crippen molar-refractivity contribution in [2.24, 2.45) is 0 Å². The minimum atomic E-state index is 0.219. The van der Waals surface area contributed by atoms with Gasteiger partial charge in [-0.25, -0.2) is 4.98 Å². The lowest BCUT2D eigenvalue weighted by atomic mass is 10.1. The molecule has 0 aromatic carbocycles. The Labute approximate surface area is 94.4 Å². The molecule has 0 saturated carbocycles. The molecule has 82 valence electrons. The molecule has 0 spiro atoms. The quantitative estimate of drug-likeness (QED) is 0.796. The maximum atomic E-state index is 5.72. The Morgan fingerprint density at radius 3 is 3.07 bits per heavy atom. The first-order valence-corrected chi connectivity index (χ1v) is 5.58. The van der Waals surface area contributed by atoms with Crippen molar-refractivity contribution in [2.75, 3.05) is 13.2 Å². The number of nitrogens with zero attached hydrogens (tertiary/aromatic N) is 1. The molecule has 0 bridgehead atoms. The molecule has 0 N–H and O–H groups in total. The van der Waals surface area contributed by atoms with E-state index in [0.29, 0.717) is 17.5 Å². The average molecular weight is 228 g/mol. The number of pyridine rings is 1. The molecule has 2 rings (SSSR count). The molecule has 0 radical (unpaired) electrons. The van der Waals surface area contributed by atoms with E-state index in [1.54, 1.807) is 18.3 Å². The maximum absolute atomic E-state index is 5.72. The lowest BCUT2D eigenvalue weighted by Crippen LogP contribution is -2.25.